The third-order valence-corrected chi connectivity index (χ3v) is 2.80. The summed E-state index contributed by atoms with van der Waals surface area (Å²) in [7, 11) is 0. The summed E-state index contributed by atoms with van der Waals surface area (Å²) in [5, 5.41) is 8.98. The van der Waals surface area contributed by atoms with Crippen molar-refractivity contribution in [1.82, 2.24) is 0 Å². The number of benzene rings is 1. The molecule has 0 spiro atoms. The number of rotatable bonds is 0. The molecule has 0 aliphatic carbocycles. The maximum atomic E-state index is 8.55. The summed E-state index contributed by atoms with van der Waals surface area (Å²) < 4.78 is 0.779. The summed E-state index contributed by atoms with van der Waals surface area (Å²) in [5.74, 6) is 0. The summed E-state index contributed by atoms with van der Waals surface area (Å²) in [6, 6.07) is 5.24. The predicted octanol–water partition coefficient (Wildman–Crippen LogP) is 3.26. The molecule has 4 heteroatoms. The van der Waals surface area contributed by atoms with Crippen molar-refractivity contribution in [2.75, 3.05) is 0 Å². The molecule has 0 bridgehead atoms. The average molecular weight is 249 g/mol. The van der Waals surface area contributed by atoms with Crippen LogP contribution in [-0.4, -0.2) is 0 Å². The van der Waals surface area contributed by atoms with E-state index in [2.05, 4.69) is 28.6 Å². The van der Waals surface area contributed by atoms with Crippen molar-refractivity contribution in [2.45, 2.75) is 4.90 Å². The van der Waals surface area contributed by atoms with Gasteiger partial charge in [-0.05, 0) is 28.1 Å². The van der Waals surface area contributed by atoms with Gasteiger partial charge in [-0.15, -0.1) is 12.6 Å². The third kappa shape index (κ3) is 1.90. The van der Waals surface area contributed by atoms with E-state index in [9.17, 15) is 0 Å². The highest BCUT2D eigenvalue weighted by Crippen LogP contribution is 2.27. The van der Waals surface area contributed by atoms with Crippen molar-refractivity contribution in [1.29, 1.82) is 5.26 Å². The Kier molecular flexibility index (Phi) is 2.83. The second-order valence-corrected chi connectivity index (χ2v) is 3.64. The van der Waals surface area contributed by atoms with Gasteiger partial charge >= 0.3 is 0 Å². The second kappa shape index (κ2) is 3.48. The lowest BCUT2D eigenvalue weighted by atomic mass is 10.2. The molecular weight excluding hydrogens is 246 g/mol. The molecule has 56 valence electrons. The number of halogens is 2. The van der Waals surface area contributed by atoms with Gasteiger partial charge in [0.05, 0.1) is 10.6 Å². The van der Waals surface area contributed by atoms with Gasteiger partial charge in [0, 0.05) is 9.37 Å². The van der Waals surface area contributed by atoms with Crippen LogP contribution in [0.25, 0.3) is 0 Å². The van der Waals surface area contributed by atoms with Gasteiger partial charge in [-0.2, -0.15) is 5.26 Å². The minimum atomic E-state index is 0.431. The molecule has 11 heavy (non-hydrogen) atoms. The zero-order valence-corrected chi connectivity index (χ0v) is 8.54. The van der Waals surface area contributed by atoms with Crippen molar-refractivity contribution in [2.24, 2.45) is 0 Å². The van der Waals surface area contributed by atoms with Crippen LogP contribution in [0, 0.1) is 11.3 Å². The number of nitrogens with zero attached hydrogens (tertiary/aromatic N) is 1. The van der Waals surface area contributed by atoms with Gasteiger partial charge in [-0.3, -0.25) is 0 Å². The van der Waals surface area contributed by atoms with Crippen molar-refractivity contribution < 1.29 is 0 Å². The fourth-order valence-corrected chi connectivity index (χ4v) is 1.44. The van der Waals surface area contributed by atoms with Crippen molar-refractivity contribution in [3.8, 4) is 6.07 Å². The van der Waals surface area contributed by atoms with Gasteiger partial charge in [0.15, 0.2) is 0 Å². The maximum absolute atomic E-state index is 8.55. The molecule has 0 saturated carbocycles. The molecule has 0 aliphatic heterocycles. The molecule has 0 saturated heterocycles. The van der Waals surface area contributed by atoms with Crippen LogP contribution in [0.2, 0.25) is 5.02 Å². The highest BCUT2D eigenvalue weighted by Gasteiger charge is 2.02. The standard InChI is InChI=1S/C7H3BrClNS/c8-5-1-4(3-10)6(9)2-7(5)11/h1-2,11H. The number of hydrogen-bond donors (Lipinski definition) is 1. The van der Waals surface area contributed by atoms with Gasteiger partial charge in [-0.1, -0.05) is 11.6 Å². The van der Waals surface area contributed by atoms with E-state index in [4.69, 9.17) is 16.9 Å². The van der Waals surface area contributed by atoms with E-state index in [1.54, 1.807) is 12.1 Å². The van der Waals surface area contributed by atoms with E-state index in [-0.39, 0.29) is 0 Å². The van der Waals surface area contributed by atoms with Crippen LogP contribution in [0.1, 0.15) is 5.56 Å². The number of thiol groups is 1. The van der Waals surface area contributed by atoms with E-state index >= 15 is 0 Å². The Labute approximate surface area is 83.5 Å². The molecule has 0 heterocycles. The fourth-order valence-electron chi connectivity index (χ4n) is 0.622. The normalized spacial score (nSPS) is 9.27. The first-order chi connectivity index (χ1) is 5.15. The van der Waals surface area contributed by atoms with Crippen molar-refractivity contribution >= 4 is 40.2 Å². The summed E-state index contributed by atoms with van der Waals surface area (Å²) >= 11 is 13.1. The quantitative estimate of drug-likeness (QED) is 0.700. The first-order valence-corrected chi connectivity index (χ1v) is 4.35. The van der Waals surface area contributed by atoms with Crippen LogP contribution >= 0.6 is 40.2 Å². The molecule has 1 rings (SSSR count). The van der Waals surface area contributed by atoms with E-state index in [1.807, 2.05) is 6.07 Å². The van der Waals surface area contributed by atoms with Gasteiger partial charge < -0.3 is 0 Å². The Hall–Kier alpha value is -0.170. The Balaban J connectivity index is 3.35. The Morgan fingerprint density at radius 1 is 1.55 bits per heavy atom. The zero-order chi connectivity index (χ0) is 8.43. The van der Waals surface area contributed by atoms with Crippen LogP contribution in [0.4, 0.5) is 0 Å². The molecule has 0 N–H and O–H groups in total. The Bertz CT molecular complexity index is 332. The van der Waals surface area contributed by atoms with E-state index in [1.165, 1.54) is 0 Å². The molecular formula is C7H3BrClNS. The van der Waals surface area contributed by atoms with E-state index in [0.29, 0.717) is 10.6 Å². The Morgan fingerprint density at radius 2 is 2.18 bits per heavy atom. The molecule has 0 radical (unpaired) electrons. The molecule has 0 aliphatic rings. The van der Waals surface area contributed by atoms with Gasteiger partial charge in [0.1, 0.15) is 6.07 Å². The van der Waals surface area contributed by atoms with E-state index in [0.717, 1.165) is 9.37 Å². The topological polar surface area (TPSA) is 23.8 Å². The third-order valence-electron chi connectivity index (χ3n) is 1.16. The smallest absolute Gasteiger partial charge is 0.101 e. The highest BCUT2D eigenvalue weighted by atomic mass is 79.9. The van der Waals surface area contributed by atoms with Gasteiger partial charge in [0.2, 0.25) is 0 Å². The number of nitriles is 1. The van der Waals surface area contributed by atoms with Gasteiger partial charge in [-0.25, -0.2) is 0 Å². The van der Waals surface area contributed by atoms with E-state index < -0.39 is 0 Å². The maximum Gasteiger partial charge on any atom is 0.101 e. The lowest BCUT2D eigenvalue weighted by molar-refractivity contribution is 1.38. The highest BCUT2D eigenvalue weighted by molar-refractivity contribution is 9.10. The van der Waals surface area contributed by atoms with Crippen LogP contribution in [-0.2, 0) is 0 Å². The SMILES string of the molecule is N#Cc1cc(Br)c(S)cc1Cl. The minimum Gasteiger partial charge on any atom is -0.192 e. The fraction of sp³-hybridized carbons (Fsp3) is 0. The zero-order valence-electron chi connectivity index (χ0n) is 5.31. The second-order valence-electron chi connectivity index (χ2n) is 1.90. The molecule has 0 fully saturated rings. The lowest BCUT2D eigenvalue weighted by Crippen LogP contribution is -1.78. The summed E-state index contributed by atoms with van der Waals surface area (Å²) in [5.41, 5.74) is 0.455. The monoisotopic (exact) mass is 247 g/mol. The summed E-state index contributed by atoms with van der Waals surface area (Å²) in [6.45, 7) is 0. The molecule has 0 amide bonds. The number of hydrogen-bond acceptors (Lipinski definition) is 2. The molecule has 1 nitrogen and oxygen atoms in total. The average Bonchev–Trinajstić information content (AvgIpc) is 1.97. The van der Waals surface area contributed by atoms with Crippen LogP contribution in [0.3, 0.4) is 0 Å². The first-order valence-electron chi connectivity index (χ1n) is 2.73. The molecule has 1 aromatic rings. The largest absolute Gasteiger partial charge is 0.192 e. The van der Waals surface area contributed by atoms with Crippen LogP contribution in [0.15, 0.2) is 21.5 Å². The van der Waals surface area contributed by atoms with Crippen LogP contribution < -0.4 is 0 Å². The molecule has 1 aromatic carbocycles. The summed E-state index contributed by atoms with van der Waals surface area (Å²) in [4.78, 5) is 0.731. The predicted molar refractivity (Wildman–Crippen MR) is 51.1 cm³/mol. The molecule has 0 unspecified atom stereocenters. The van der Waals surface area contributed by atoms with Crippen molar-refractivity contribution in [3.05, 3.63) is 27.2 Å². The summed E-state index contributed by atoms with van der Waals surface area (Å²) in [6.07, 6.45) is 0. The Morgan fingerprint density at radius 3 is 2.73 bits per heavy atom. The molecule has 0 atom stereocenters. The lowest BCUT2D eigenvalue weighted by Gasteiger charge is -1.98. The van der Waals surface area contributed by atoms with Crippen molar-refractivity contribution in [3.63, 3.8) is 0 Å². The first kappa shape index (κ1) is 8.92. The minimum absolute atomic E-state index is 0.431. The van der Waals surface area contributed by atoms with Crippen LogP contribution in [0.5, 0.6) is 0 Å². The molecule has 0 aromatic heterocycles. The van der Waals surface area contributed by atoms with Gasteiger partial charge in [0.25, 0.3) is 0 Å².